The van der Waals surface area contributed by atoms with E-state index in [9.17, 15) is 4.79 Å². The number of rotatable bonds is 5. The lowest BCUT2D eigenvalue weighted by Gasteiger charge is -2.22. The van der Waals surface area contributed by atoms with Gasteiger partial charge in [0, 0.05) is 31.1 Å². The number of carbonyl (C=O) groups is 1. The van der Waals surface area contributed by atoms with Crippen LogP contribution in [0.5, 0.6) is 0 Å². The van der Waals surface area contributed by atoms with E-state index >= 15 is 0 Å². The molecule has 1 heterocycles. The van der Waals surface area contributed by atoms with Crippen molar-refractivity contribution in [3.05, 3.63) is 65.2 Å². The number of benzene rings is 2. The molecule has 2 aromatic carbocycles. The molecule has 1 saturated heterocycles. The molecule has 0 saturated carbocycles. The van der Waals surface area contributed by atoms with Crippen LogP contribution in [0, 0.1) is 6.92 Å². The van der Waals surface area contributed by atoms with Crippen molar-refractivity contribution in [2.75, 3.05) is 18.0 Å². The number of anilines is 1. The van der Waals surface area contributed by atoms with Crippen molar-refractivity contribution in [2.24, 2.45) is 0 Å². The Morgan fingerprint density at radius 3 is 2.45 bits per heavy atom. The minimum atomic E-state index is 0.159. The van der Waals surface area contributed by atoms with Gasteiger partial charge in [0.05, 0.1) is 0 Å². The molecule has 1 atom stereocenters. The molecule has 0 spiro atoms. The van der Waals surface area contributed by atoms with E-state index in [0.717, 1.165) is 19.4 Å². The quantitative estimate of drug-likeness (QED) is 0.765. The average Bonchev–Trinajstić information content (AvgIpc) is 3.08. The zero-order valence-electron chi connectivity index (χ0n) is 13.2. The van der Waals surface area contributed by atoms with E-state index in [2.05, 4.69) is 42.2 Å². The van der Waals surface area contributed by atoms with Crippen LogP contribution >= 0.6 is 0 Å². The van der Waals surface area contributed by atoms with Crippen LogP contribution in [0.3, 0.4) is 0 Å². The maximum absolute atomic E-state index is 11.1. The van der Waals surface area contributed by atoms with Crippen molar-refractivity contribution in [2.45, 2.75) is 32.1 Å². The predicted octanol–water partition coefficient (Wildman–Crippen LogP) is 4.32. The third kappa shape index (κ3) is 3.06. The van der Waals surface area contributed by atoms with Gasteiger partial charge >= 0.3 is 0 Å². The van der Waals surface area contributed by atoms with Crippen LogP contribution in [-0.2, 0) is 4.79 Å². The zero-order chi connectivity index (χ0) is 15.4. The number of aryl methyl sites for hydroxylation is 1. The summed E-state index contributed by atoms with van der Waals surface area (Å²) in [6.45, 7) is 4.49. The lowest BCUT2D eigenvalue weighted by atomic mass is 9.86. The van der Waals surface area contributed by atoms with Crippen molar-refractivity contribution in [1.82, 2.24) is 0 Å². The first kappa shape index (κ1) is 14.8. The fraction of sp³-hybridized carbons (Fsp3) is 0.350. The summed E-state index contributed by atoms with van der Waals surface area (Å²) in [7, 11) is 0. The summed E-state index contributed by atoms with van der Waals surface area (Å²) in [4.78, 5) is 13.6. The normalized spacial score (nSPS) is 15.8. The molecular formula is C20H23NO. The molecule has 0 aromatic heterocycles. The second-order valence-corrected chi connectivity index (χ2v) is 6.10. The second kappa shape index (κ2) is 6.78. The summed E-state index contributed by atoms with van der Waals surface area (Å²) < 4.78 is 0. The molecule has 22 heavy (non-hydrogen) atoms. The molecule has 2 nitrogen and oxygen atoms in total. The van der Waals surface area contributed by atoms with Gasteiger partial charge in [0.15, 0.2) is 0 Å². The highest BCUT2D eigenvalue weighted by atomic mass is 16.1. The highest BCUT2D eigenvalue weighted by Crippen LogP contribution is 2.32. The van der Waals surface area contributed by atoms with E-state index in [4.69, 9.17) is 0 Å². The number of nitrogens with zero attached hydrogens (tertiary/aromatic N) is 1. The Hall–Kier alpha value is -2.09. The molecule has 3 rings (SSSR count). The van der Waals surface area contributed by atoms with Gasteiger partial charge in [0.1, 0.15) is 6.29 Å². The first-order valence-corrected chi connectivity index (χ1v) is 8.13. The smallest absolute Gasteiger partial charge is 0.120 e. The van der Waals surface area contributed by atoms with E-state index in [1.807, 2.05) is 18.2 Å². The van der Waals surface area contributed by atoms with Gasteiger partial charge in [-0.25, -0.2) is 0 Å². The molecule has 2 heteroatoms. The Kier molecular flexibility index (Phi) is 4.57. The van der Waals surface area contributed by atoms with Crippen LogP contribution in [-0.4, -0.2) is 19.4 Å². The van der Waals surface area contributed by atoms with Crippen molar-refractivity contribution >= 4 is 12.0 Å². The van der Waals surface area contributed by atoms with Crippen LogP contribution in [0.1, 0.15) is 41.9 Å². The van der Waals surface area contributed by atoms with Gasteiger partial charge < -0.3 is 9.69 Å². The van der Waals surface area contributed by atoms with Crippen LogP contribution < -0.4 is 4.90 Å². The SMILES string of the molecule is Cc1cc(N2CCCC2)ccc1[C@@H](CC=O)c1ccccc1. The summed E-state index contributed by atoms with van der Waals surface area (Å²) in [6.07, 6.45) is 4.15. The Balaban J connectivity index is 1.92. The zero-order valence-corrected chi connectivity index (χ0v) is 13.2. The van der Waals surface area contributed by atoms with Crippen LogP contribution in [0.25, 0.3) is 0 Å². The summed E-state index contributed by atoms with van der Waals surface area (Å²) in [6, 6.07) is 17.0. The first-order valence-electron chi connectivity index (χ1n) is 8.13. The minimum Gasteiger partial charge on any atom is -0.372 e. The van der Waals surface area contributed by atoms with Gasteiger partial charge in [-0.3, -0.25) is 0 Å². The summed E-state index contributed by atoms with van der Waals surface area (Å²) in [5.74, 6) is 0.159. The molecule has 1 aliphatic heterocycles. The lowest BCUT2D eigenvalue weighted by molar-refractivity contribution is -0.108. The maximum atomic E-state index is 11.1. The largest absolute Gasteiger partial charge is 0.372 e. The highest BCUT2D eigenvalue weighted by Gasteiger charge is 2.18. The summed E-state index contributed by atoms with van der Waals surface area (Å²) >= 11 is 0. The molecule has 0 bridgehead atoms. The van der Waals surface area contributed by atoms with Crippen LogP contribution in [0.15, 0.2) is 48.5 Å². The molecule has 2 aromatic rings. The summed E-state index contributed by atoms with van der Waals surface area (Å²) in [5.41, 5.74) is 5.07. The molecule has 1 aliphatic rings. The summed E-state index contributed by atoms with van der Waals surface area (Å²) in [5, 5.41) is 0. The van der Waals surface area contributed by atoms with Crippen LogP contribution in [0.4, 0.5) is 5.69 Å². The molecular weight excluding hydrogens is 270 g/mol. The van der Waals surface area contributed by atoms with Crippen LogP contribution in [0.2, 0.25) is 0 Å². The van der Waals surface area contributed by atoms with Gasteiger partial charge in [0.25, 0.3) is 0 Å². The van der Waals surface area contributed by atoms with E-state index in [1.54, 1.807) is 0 Å². The molecule has 0 radical (unpaired) electrons. The van der Waals surface area contributed by atoms with Crippen molar-refractivity contribution in [3.8, 4) is 0 Å². The predicted molar refractivity (Wildman–Crippen MR) is 91.6 cm³/mol. The molecule has 0 unspecified atom stereocenters. The van der Waals surface area contributed by atoms with Gasteiger partial charge in [-0.15, -0.1) is 0 Å². The number of hydrogen-bond acceptors (Lipinski definition) is 2. The van der Waals surface area contributed by atoms with Gasteiger partial charge in [-0.05, 0) is 48.6 Å². The lowest BCUT2D eigenvalue weighted by Crippen LogP contribution is -2.18. The fourth-order valence-electron chi connectivity index (χ4n) is 3.45. The number of hydrogen-bond donors (Lipinski definition) is 0. The third-order valence-electron chi connectivity index (χ3n) is 4.63. The van der Waals surface area contributed by atoms with E-state index < -0.39 is 0 Å². The Labute approximate surface area is 132 Å². The Bertz CT molecular complexity index is 629. The van der Waals surface area contributed by atoms with Gasteiger partial charge in [0.2, 0.25) is 0 Å². The number of aldehydes is 1. The maximum Gasteiger partial charge on any atom is 0.120 e. The van der Waals surface area contributed by atoms with E-state index in [-0.39, 0.29) is 5.92 Å². The van der Waals surface area contributed by atoms with E-state index in [0.29, 0.717) is 6.42 Å². The molecule has 1 fully saturated rings. The minimum absolute atomic E-state index is 0.159. The first-order chi connectivity index (χ1) is 10.8. The number of carbonyl (C=O) groups excluding carboxylic acids is 1. The van der Waals surface area contributed by atoms with Gasteiger partial charge in [-0.1, -0.05) is 36.4 Å². The molecule has 0 aliphatic carbocycles. The standard InChI is InChI=1S/C20H23NO/c1-16-15-18(21-12-5-6-13-21)9-10-19(16)20(11-14-22)17-7-3-2-4-8-17/h2-4,7-10,14-15,20H,5-6,11-13H2,1H3/t20-/m0/s1. The molecule has 114 valence electrons. The second-order valence-electron chi connectivity index (χ2n) is 6.10. The van der Waals surface area contributed by atoms with Crippen molar-refractivity contribution in [3.63, 3.8) is 0 Å². The van der Waals surface area contributed by atoms with Crippen molar-refractivity contribution < 1.29 is 4.79 Å². The van der Waals surface area contributed by atoms with Crippen molar-refractivity contribution in [1.29, 1.82) is 0 Å². The Morgan fingerprint density at radius 1 is 1.09 bits per heavy atom. The van der Waals surface area contributed by atoms with Gasteiger partial charge in [-0.2, -0.15) is 0 Å². The topological polar surface area (TPSA) is 20.3 Å². The molecule has 0 amide bonds. The van der Waals surface area contributed by atoms with E-state index in [1.165, 1.54) is 35.2 Å². The highest BCUT2D eigenvalue weighted by molar-refractivity contribution is 5.57. The monoisotopic (exact) mass is 293 g/mol. The average molecular weight is 293 g/mol. The molecule has 0 N–H and O–H groups in total. The third-order valence-corrected chi connectivity index (χ3v) is 4.63. The Morgan fingerprint density at radius 2 is 1.82 bits per heavy atom. The fourth-order valence-corrected chi connectivity index (χ4v) is 3.45.